The fourth-order valence-electron chi connectivity index (χ4n) is 1.92. The lowest BCUT2D eigenvalue weighted by Gasteiger charge is -2.08. The topological polar surface area (TPSA) is 42.7 Å². The minimum atomic E-state index is -0.220. The van der Waals surface area contributed by atoms with Crippen molar-refractivity contribution in [1.29, 1.82) is 0 Å². The Morgan fingerprint density at radius 1 is 1.28 bits per heavy atom. The Kier molecular flexibility index (Phi) is 3.92. The number of halogens is 1. The van der Waals surface area contributed by atoms with E-state index in [1.165, 1.54) is 12.1 Å². The predicted octanol–water partition coefficient (Wildman–Crippen LogP) is 2.46. The van der Waals surface area contributed by atoms with Gasteiger partial charge in [-0.15, -0.1) is 10.2 Å². The van der Waals surface area contributed by atoms with Crippen LogP contribution in [0.5, 0.6) is 0 Å². The second kappa shape index (κ2) is 5.62. The zero-order valence-corrected chi connectivity index (χ0v) is 10.7. The number of nitrogens with one attached hydrogen (secondary N) is 1. The van der Waals surface area contributed by atoms with Gasteiger partial charge in [-0.2, -0.15) is 0 Å². The van der Waals surface area contributed by atoms with Crippen molar-refractivity contribution in [2.45, 2.75) is 26.8 Å². The van der Waals surface area contributed by atoms with Crippen LogP contribution in [0.2, 0.25) is 0 Å². The molecule has 96 valence electrons. The standard InChI is InChI=1S/C13H17FN4/c1-3-15-13-17-16-12(18(13)4-2)9-10-6-5-7-11(14)8-10/h5-8H,3-4,9H2,1-2H3,(H,15,17). The van der Waals surface area contributed by atoms with Crippen molar-refractivity contribution in [2.24, 2.45) is 0 Å². The quantitative estimate of drug-likeness (QED) is 0.883. The monoisotopic (exact) mass is 248 g/mol. The second-order valence-electron chi connectivity index (χ2n) is 4.02. The Balaban J connectivity index is 2.23. The van der Waals surface area contributed by atoms with Gasteiger partial charge in [0, 0.05) is 19.5 Å². The van der Waals surface area contributed by atoms with E-state index >= 15 is 0 Å². The second-order valence-corrected chi connectivity index (χ2v) is 4.02. The first-order chi connectivity index (χ1) is 8.74. The molecule has 0 fully saturated rings. The van der Waals surface area contributed by atoms with Gasteiger partial charge in [-0.05, 0) is 31.5 Å². The minimum absolute atomic E-state index is 0.220. The molecule has 0 aliphatic carbocycles. The molecule has 18 heavy (non-hydrogen) atoms. The van der Waals surface area contributed by atoms with Crippen LogP contribution in [0.1, 0.15) is 25.2 Å². The van der Waals surface area contributed by atoms with E-state index in [4.69, 9.17) is 0 Å². The number of benzene rings is 1. The smallest absolute Gasteiger partial charge is 0.224 e. The Labute approximate surface area is 106 Å². The van der Waals surface area contributed by atoms with E-state index in [0.717, 1.165) is 30.4 Å². The van der Waals surface area contributed by atoms with Crippen molar-refractivity contribution in [3.63, 3.8) is 0 Å². The average molecular weight is 248 g/mol. The maximum absolute atomic E-state index is 13.1. The summed E-state index contributed by atoms with van der Waals surface area (Å²) in [7, 11) is 0. The van der Waals surface area contributed by atoms with Crippen molar-refractivity contribution in [1.82, 2.24) is 14.8 Å². The third kappa shape index (κ3) is 2.67. The highest BCUT2D eigenvalue weighted by molar-refractivity contribution is 5.28. The SMILES string of the molecule is CCNc1nnc(Cc2cccc(F)c2)n1CC. The van der Waals surface area contributed by atoms with Gasteiger partial charge in [-0.25, -0.2) is 4.39 Å². The summed E-state index contributed by atoms with van der Waals surface area (Å²) >= 11 is 0. The first kappa shape index (κ1) is 12.5. The number of hydrogen-bond donors (Lipinski definition) is 1. The Morgan fingerprint density at radius 2 is 2.11 bits per heavy atom. The van der Waals surface area contributed by atoms with Crippen molar-refractivity contribution >= 4 is 5.95 Å². The summed E-state index contributed by atoms with van der Waals surface area (Å²) in [6, 6.07) is 6.58. The zero-order chi connectivity index (χ0) is 13.0. The van der Waals surface area contributed by atoms with Gasteiger partial charge in [0.25, 0.3) is 0 Å². The lowest BCUT2D eigenvalue weighted by molar-refractivity contribution is 0.625. The average Bonchev–Trinajstić information content (AvgIpc) is 2.72. The summed E-state index contributed by atoms with van der Waals surface area (Å²) in [6.45, 7) is 5.65. The number of hydrogen-bond acceptors (Lipinski definition) is 3. The van der Waals surface area contributed by atoms with Crippen LogP contribution in [0.3, 0.4) is 0 Å². The van der Waals surface area contributed by atoms with Gasteiger partial charge >= 0.3 is 0 Å². The van der Waals surface area contributed by atoms with Crippen molar-refractivity contribution in [3.8, 4) is 0 Å². The molecular formula is C13H17FN4. The number of rotatable bonds is 5. The van der Waals surface area contributed by atoms with Crippen LogP contribution in [0, 0.1) is 5.82 Å². The molecule has 1 aromatic heterocycles. The summed E-state index contributed by atoms with van der Waals surface area (Å²) in [5.41, 5.74) is 0.903. The first-order valence-electron chi connectivity index (χ1n) is 6.15. The maximum atomic E-state index is 13.1. The zero-order valence-electron chi connectivity index (χ0n) is 10.7. The molecule has 2 rings (SSSR count). The van der Waals surface area contributed by atoms with E-state index in [0.29, 0.717) is 6.42 Å². The van der Waals surface area contributed by atoms with Gasteiger partial charge in [0.2, 0.25) is 5.95 Å². The van der Waals surface area contributed by atoms with E-state index in [1.54, 1.807) is 6.07 Å². The number of nitrogens with zero attached hydrogens (tertiary/aromatic N) is 3. The maximum Gasteiger partial charge on any atom is 0.224 e. The molecule has 0 aliphatic heterocycles. The molecule has 0 saturated heterocycles. The molecule has 1 heterocycles. The Hall–Kier alpha value is -1.91. The van der Waals surface area contributed by atoms with Crippen molar-refractivity contribution in [3.05, 3.63) is 41.5 Å². The van der Waals surface area contributed by atoms with Crippen LogP contribution in [0.15, 0.2) is 24.3 Å². The van der Waals surface area contributed by atoms with E-state index in [-0.39, 0.29) is 5.82 Å². The molecule has 0 amide bonds. The Bertz CT molecular complexity index is 521. The van der Waals surface area contributed by atoms with E-state index in [9.17, 15) is 4.39 Å². The summed E-state index contributed by atoms with van der Waals surface area (Å²) in [5, 5.41) is 11.4. The molecule has 0 atom stereocenters. The molecule has 0 radical (unpaired) electrons. The van der Waals surface area contributed by atoms with Crippen LogP contribution < -0.4 is 5.32 Å². The summed E-state index contributed by atoms with van der Waals surface area (Å²) < 4.78 is 15.1. The number of aromatic nitrogens is 3. The predicted molar refractivity (Wildman–Crippen MR) is 69.1 cm³/mol. The largest absolute Gasteiger partial charge is 0.355 e. The molecular weight excluding hydrogens is 231 g/mol. The van der Waals surface area contributed by atoms with Crippen LogP contribution in [-0.4, -0.2) is 21.3 Å². The summed E-state index contributed by atoms with van der Waals surface area (Å²) in [6.07, 6.45) is 0.587. The highest BCUT2D eigenvalue weighted by atomic mass is 19.1. The fourth-order valence-corrected chi connectivity index (χ4v) is 1.92. The van der Waals surface area contributed by atoms with E-state index < -0.39 is 0 Å². The summed E-state index contributed by atoms with van der Waals surface area (Å²) in [5.74, 6) is 1.40. The first-order valence-corrected chi connectivity index (χ1v) is 6.15. The molecule has 1 aromatic carbocycles. The molecule has 0 aliphatic rings. The molecule has 4 nitrogen and oxygen atoms in total. The van der Waals surface area contributed by atoms with Gasteiger partial charge < -0.3 is 5.32 Å². The van der Waals surface area contributed by atoms with E-state index in [1.807, 2.05) is 24.5 Å². The lowest BCUT2D eigenvalue weighted by Crippen LogP contribution is -2.08. The molecule has 0 spiro atoms. The van der Waals surface area contributed by atoms with Gasteiger partial charge in [0.1, 0.15) is 11.6 Å². The normalized spacial score (nSPS) is 10.6. The lowest BCUT2D eigenvalue weighted by atomic mass is 10.1. The van der Waals surface area contributed by atoms with Crippen molar-refractivity contribution in [2.75, 3.05) is 11.9 Å². The highest BCUT2D eigenvalue weighted by Gasteiger charge is 2.10. The Morgan fingerprint density at radius 3 is 2.78 bits per heavy atom. The minimum Gasteiger partial charge on any atom is -0.355 e. The molecule has 0 saturated carbocycles. The highest BCUT2D eigenvalue weighted by Crippen LogP contribution is 2.13. The summed E-state index contributed by atoms with van der Waals surface area (Å²) in [4.78, 5) is 0. The molecule has 0 unspecified atom stereocenters. The van der Waals surface area contributed by atoms with Gasteiger partial charge in [-0.1, -0.05) is 12.1 Å². The molecule has 5 heteroatoms. The van der Waals surface area contributed by atoms with Crippen LogP contribution >= 0.6 is 0 Å². The molecule has 2 aromatic rings. The van der Waals surface area contributed by atoms with E-state index in [2.05, 4.69) is 15.5 Å². The molecule has 0 bridgehead atoms. The van der Waals surface area contributed by atoms with Gasteiger partial charge in [0.05, 0.1) is 0 Å². The third-order valence-electron chi connectivity index (χ3n) is 2.73. The van der Waals surface area contributed by atoms with Gasteiger partial charge in [0.15, 0.2) is 0 Å². The molecule has 1 N–H and O–H groups in total. The van der Waals surface area contributed by atoms with Crippen LogP contribution in [0.4, 0.5) is 10.3 Å². The van der Waals surface area contributed by atoms with Gasteiger partial charge in [-0.3, -0.25) is 4.57 Å². The van der Waals surface area contributed by atoms with Crippen molar-refractivity contribution < 1.29 is 4.39 Å². The van der Waals surface area contributed by atoms with Crippen LogP contribution in [-0.2, 0) is 13.0 Å². The third-order valence-corrected chi connectivity index (χ3v) is 2.73. The fraction of sp³-hybridized carbons (Fsp3) is 0.385. The number of anilines is 1. The van der Waals surface area contributed by atoms with Crippen LogP contribution in [0.25, 0.3) is 0 Å².